The molecule has 3 heterocycles. The third kappa shape index (κ3) is 4.24. The SMILES string of the molecule is Cc1ccc(CCC(C)NC(=O)N2CCCCC2c2ccnn2C)o1. The van der Waals surface area contributed by atoms with E-state index in [2.05, 4.69) is 17.3 Å². The average Bonchev–Trinajstić information content (AvgIpc) is 3.21. The summed E-state index contributed by atoms with van der Waals surface area (Å²) in [7, 11) is 1.94. The molecule has 1 saturated heterocycles. The molecule has 2 aromatic heterocycles. The van der Waals surface area contributed by atoms with E-state index >= 15 is 0 Å². The molecule has 2 aromatic rings. The quantitative estimate of drug-likeness (QED) is 0.902. The second kappa shape index (κ2) is 7.76. The van der Waals surface area contributed by atoms with Crippen molar-refractivity contribution in [2.45, 2.75) is 58.0 Å². The van der Waals surface area contributed by atoms with E-state index in [1.807, 2.05) is 41.8 Å². The van der Waals surface area contributed by atoms with Gasteiger partial charge in [0.2, 0.25) is 0 Å². The molecule has 2 unspecified atom stereocenters. The molecule has 25 heavy (non-hydrogen) atoms. The summed E-state index contributed by atoms with van der Waals surface area (Å²) in [5, 5.41) is 7.41. The molecular formula is C19H28N4O2. The van der Waals surface area contributed by atoms with E-state index in [1.165, 1.54) is 0 Å². The van der Waals surface area contributed by atoms with Crippen molar-refractivity contribution in [2.75, 3.05) is 6.54 Å². The predicted octanol–water partition coefficient (Wildman–Crippen LogP) is 3.58. The number of urea groups is 1. The number of aromatic nitrogens is 2. The van der Waals surface area contributed by atoms with Crippen molar-refractivity contribution in [3.63, 3.8) is 0 Å². The van der Waals surface area contributed by atoms with Crippen LogP contribution in [0.1, 0.15) is 55.9 Å². The third-order valence-corrected chi connectivity index (χ3v) is 4.95. The smallest absolute Gasteiger partial charge is 0.318 e. The number of likely N-dealkylation sites (tertiary alicyclic amines) is 1. The Bertz CT molecular complexity index is 706. The molecule has 0 radical (unpaired) electrons. The van der Waals surface area contributed by atoms with Crippen LogP contribution in [0.3, 0.4) is 0 Å². The van der Waals surface area contributed by atoms with Crippen molar-refractivity contribution in [1.29, 1.82) is 0 Å². The first-order chi connectivity index (χ1) is 12.0. The summed E-state index contributed by atoms with van der Waals surface area (Å²) >= 11 is 0. The van der Waals surface area contributed by atoms with Gasteiger partial charge in [-0.15, -0.1) is 0 Å². The molecular weight excluding hydrogens is 316 g/mol. The van der Waals surface area contributed by atoms with Gasteiger partial charge in [0.15, 0.2) is 0 Å². The zero-order valence-corrected chi connectivity index (χ0v) is 15.4. The van der Waals surface area contributed by atoms with E-state index in [0.717, 1.165) is 55.9 Å². The first-order valence-electron chi connectivity index (χ1n) is 9.15. The minimum atomic E-state index is 0.0222. The highest BCUT2D eigenvalue weighted by Crippen LogP contribution is 2.30. The van der Waals surface area contributed by atoms with Crippen LogP contribution in [0.15, 0.2) is 28.8 Å². The van der Waals surface area contributed by atoms with Crippen LogP contribution in [-0.2, 0) is 13.5 Å². The second-order valence-electron chi connectivity index (χ2n) is 6.99. The van der Waals surface area contributed by atoms with Crippen molar-refractivity contribution >= 4 is 6.03 Å². The molecule has 136 valence electrons. The highest BCUT2D eigenvalue weighted by atomic mass is 16.3. The molecule has 6 heteroatoms. The maximum absolute atomic E-state index is 12.8. The van der Waals surface area contributed by atoms with E-state index in [1.54, 1.807) is 6.20 Å². The summed E-state index contributed by atoms with van der Waals surface area (Å²) in [6, 6.07) is 6.23. The normalized spacial score (nSPS) is 19.0. The number of rotatable bonds is 5. The van der Waals surface area contributed by atoms with Crippen molar-refractivity contribution in [2.24, 2.45) is 7.05 Å². The average molecular weight is 344 g/mol. The van der Waals surface area contributed by atoms with Gasteiger partial charge in [-0.05, 0) is 57.7 Å². The lowest BCUT2D eigenvalue weighted by Crippen LogP contribution is -2.47. The number of hydrogen-bond acceptors (Lipinski definition) is 3. The molecule has 1 aliphatic rings. The monoisotopic (exact) mass is 344 g/mol. The fourth-order valence-electron chi connectivity index (χ4n) is 3.54. The third-order valence-electron chi connectivity index (χ3n) is 4.95. The van der Waals surface area contributed by atoms with Gasteiger partial charge in [0, 0.05) is 32.3 Å². The molecule has 0 saturated carbocycles. The van der Waals surface area contributed by atoms with Gasteiger partial charge >= 0.3 is 6.03 Å². The summed E-state index contributed by atoms with van der Waals surface area (Å²) in [6.07, 6.45) is 6.69. The number of nitrogens with one attached hydrogen (secondary N) is 1. The van der Waals surface area contributed by atoms with Gasteiger partial charge in [-0.2, -0.15) is 5.10 Å². The van der Waals surface area contributed by atoms with Crippen molar-refractivity contribution in [1.82, 2.24) is 20.0 Å². The number of piperidine rings is 1. The Balaban J connectivity index is 1.57. The zero-order valence-electron chi connectivity index (χ0n) is 15.4. The number of furan rings is 1. The first-order valence-corrected chi connectivity index (χ1v) is 9.15. The minimum absolute atomic E-state index is 0.0222. The largest absolute Gasteiger partial charge is 0.466 e. The molecule has 1 aliphatic heterocycles. The van der Waals surface area contributed by atoms with Gasteiger partial charge in [0.05, 0.1) is 11.7 Å². The molecule has 0 aromatic carbocycles. The molecule has 0 spiro atoms. The second-order valence-corrected chi connectivity index (χ2v) is 6.99. The molecule has 2 amide bonds. The molecule has 1 fully saturated rings. The maximum Gasteiger partial charge on any atom is 0.318 e. The van der Waals surface area contributed by atoms with Crippen LogP contribution in [0.2, 0.25) is 0 Å². The molecule has 0 aliphatic carbocycles. The van der Waals surface area contributed by atoms with Crippen LogP contribution in [0, 0.1) is 6.92 Å². The lowest BCUT2D eigenvalue weighted by molar-refractivity contribution is 0.144. The van der Waals surface area contributed by atoms with Crippen LogP contribution in [0.25, 0.3) is 0 Å². The summed E-state index contributed by atoms with van der Waals surface area (Å²) in [6.45, 7) is 4.80. The van der Waals surface area contributed by atoms with Gasteiger partial charge in [-0.25, -0.2) is 4.79 Å². The summed E-state index contributed by atoms with van der Waals surface area (Å²) in [4.78, 5) is 14.8. The van der Waals surface area contributed by atoms with Crippen LogP contribution in [0.4, 0.5) is 4.79 Å². The van der Waals surface area contributed by atoms with Gasteiger partial charge < -0.3 is 14.6 Å². The van der Waals surface area contributed by atoms with Crippen molar-refractivity contribution in [3.05, 3.63) is 41.6 Å². The van der Waals surface area contributed by atoms with Crippen LogP contribution < -0.4 is 5.32 Å². The molecule has 6 nitrogen and oxygen atoms in total. The fraction of sp³-hybridized carbons (Fsp3) is 0.579. The Labute approximate surface area is 149 Å². The Morgan fingerprint density at radius 2 is 2.24 bits per heavy atom. The van der Waals surface area contributed by atoms with Crippen LogP contribution >= 0.6 is 0 Å². The Kier molecular flexibility index (Phi) is 5.46. The Morgan fingerprint density at radius 1 is 1.40 bits per heavy atom. The Morgan fingerprint density at radius 3 is 2.92 bits per heavy atom. The molecule has 0 bridgehead atoms. The van der Waals surface area contributed by atoms with E-state index in [4.69, 9.17) is 4.42 Å². The van der Waals surface area contributed by atoms with Crippen molar-refractivity contribution < 1.29 is 9.21 Å². The van der Waals surface area contributed by atoms with Gasteiger partial charge in [-0.3, -0.25) is 4.68 Å². The fourth-order valence-corrected chi connectivity index (χ4v) is 3.54. The minimum Gasteiger partial charge on any atom is -0.466 e. The lowest BCUT2D eigenvalue weighted by Gasteiger charge is -2.36. The highest BCUT2D eigenvalue weighted by molar-refractivity contribution is 5.75. The summed E-state index contributed by atoms with van der Waals surface area (Å²) in [5.74, 6) is 1.91. The molecule has 1 N–H and O–H groups in total. The van der Waals surface area contributed by atoms with Crippen LogP contribution in [0.5, 0.6) is 0 Å². The molecule has 2 atom stereocenters. The summed E-state index contributed by atoms with van der Waals surface area (Å²) in [5.41, 5.74) is 1.11. The topological polar surface area (TPSA) is 63.3 Å². The maximum atomic E-state index is 12.8. The standard InChI is InChI=1S/C19H28N4O2/c1-14(7-9-16-10-8-15(2)25-16)21-19(24)23-13-5-4-6-18(23)17-11-12-20-22(17)3/h8,10-12,14,18H,4-7,9,13H2,1-3H3,(H,21,24). The number of amides is 2. The van der Waals surface area contributed by atoms with E-state index in [-0.39, 0.29) is 18.1 Å². The number of aryl methyl sites for hydroxylation is 3. The van der Waals surface area contributed by atoms with Gasteiger partial charge in [0.1, 0.15) is 11.5 Å². The Hall–Kier alpha value is -2.24. The van der Waals surface area contributed by atoms with Gasteiger partial charge in [-0.1, -0.05) is 0 Å². The number of nitrogens with zero attached hydrogens (tertiary/aromatic N) is 3. The van der Waals surface area contributed by atoms with Crippen molar-refractivity contribution in [3.8, 4) is 0 Å². The van der Waals surface area contributed by atoms with E-state index in [9.17, 15) is 4.79 Å². The first kappa shape index (κ1) is 17.6. The predicted molar refractivity (Wildman–Crippen MR) is 96.3 cm³/mol. The van der Waals surface area contributed by atoms with Gasteiger partial charge in [0.25, 0.3) is 0 Å². The molecule has 3 rings (SSSR count). The summed E-state index contributed by atoms with van der Waals surface area (Å²) < 4.78 is 7.48. The van der Waals surface area contributed by atoms with Crippen LogP contribution in [-0.4, -0.2) is 33.3 Å². The number of carbonyl (C=O) groups excluding carboxylic acids is 1. The van der Waals surface area contributed by atoms with E-state index < -0.39 is 0 Å². The number of hydrogen-bond donors (Lipinski definition) is 1. The lowest BCUT2D eigenvalue weighted by atomic mass is 9.99. The number of carbonyl (C=O) groups is 1. The van der Waals surface area contributed by atoms with E-state index in [0.29, 0.717) is 0 Å². The highest BCUT2D eigenvalue weighted by Gasteiger charge is 2.30. The zero-order chi connectivity index (χ0) is 17.8.